The van der Waals surface area contributed by atoms with Crippen molar-refractivity contribution in [3.8, 4) is 0 Å². The first kappa shape index (κ1) is 15.1. The minimum absolute atomic E-state index is 0.0882. The van der Waals surface area contributed by atoms with Crippen LogP contribution in [0.15, 0.2) is 22.0 Å². The standard InChI is InChI=1S/C11H16N4O3S/c1-3-7-4-6(2)8(10(16)15-11(12)13)5-9(7)19(14,17)18/h4-5H,3H2,1-2H3,(H2,14,17,18)(H4,12,13,15,16). The van der Waals surface area contributed by atoms with Gasteiger partial charge >= 0.3 is 0 Å². The van der Waals surface area contributed by atoms with E-state index in [2.05, 4.69) is 4.99 Å². The van der Waals surface area contributed by atoms with Gasteiger partial charge in [-0.2, -0.15) is 4.99 Å². The lowest BCUT2D eigenvalue weighted by Gasteiger charge is -2.10. The Hall–Kier alpha value is -1.93. The molecule has 0 radical (unpaired) electrons. The van der Waals surface area contributed by atoms with Gasteiger partial charge in [0.15, 0.2) is 5.96 Å². The van der Waals surface area contributed by atoms with Crippen LogP contribution in [0.2, 0.25) is 0 Å². The van der Waals surface area contributed by atoms with Crippen molar-refractivity contribution < 1.29 is 13.2 Å². The third-order valence-corrected chi connectivity index (χ3v) is 3.55. The first-order valence-electron chi connectivity index (χ1n) is 5.47. The summed E-state index contributed by atoms with van der Waals surface area (Å²) >= 11 is 0. The Morgan fingerprint density at radius 1 is 1.32 bits per heavy atom. The van der Waals surface area contributed by atoms with Gasteiger partial charge in [-0.05, 0) is 30.5 Å². The maximum atomic E-state index is 11.8. The van der Waals surface area contributed by atoms with Gasteiger partial charge in [0.25, 0.3) is 5.91 Å². The van der Waals surface area contributed by atoms with Gasteiger partial charge in [0.05, 0.1) is 4.90 Å². The Labute approximate surface area is 111 Å². The van der Waals surface area contributed by atoms with E-state index in [-0.39, 0.29) is 16.4 Å². The van der Waals surface area contributed by atoms with Crippen LogP contribution in [0.4, 0.5) is 0 Å². The number of rotatable bonds is 3. The number of nitrogens with zero attached hydrogens (tertiary/aromatic N) is 1. The molecule has 1 rings (SSSR count). The fraction of sp³-hybridized carbons (Fsp3) is 0.273. The van der Waals surface area contributed by atoms with E-state index in [0.717, 1.165) is 0 Å². The van der Waals surface area contributed by atoms with Crippen molar-refractivity contribution in [3.63, 3.8) is 0 Å². The van der Waals surface area contributed by atoms with E-state index in [1.165, 1.54) is 6.07 Å². The number of sulfonamides is 1. The molecule has 0 heterocycles. The lowest BCUT2D eigenvalue weighted by Crippen LogP contribution is -2.24. The maximum absolute atomic E-state index is 11.8. The van der Waals surface area contributed by atoms with Crippen LogP contribution in [-0.2, 0) is 16.4 Å². The quantitative estimate of drug-likeness (QED) is 0.512. The summed E-state index contributed by atoms with van der Waals surface area (Å²) in [5.74, 6) is -1.09. The third-order valence-electron chi connectivity index (χ3n) is 2.56. The predicted molar refractivity (Wildman–Crippen MR) is 72.1 cm³/mol. The lowest BCUT2D eigenvalue weighted by atomic mass is 10.0. The second-order valence-corrected chi connectivity index (χ2v) is 5.55. The Balaban J connectivity index is 3.53. The van der Waals surface area contributed by atoms with Crippen molar-refractivity contribution in [2.24, 2.45) is 21.6 Å². The van der Waals surface area contributed by atoms with E-state index < -0.39 is 15.9 Å². The SMILES string of the molecule is CCc1cc(C)c(C(=O)N=C(N)N)cc1S(N)(=O)=O. The second-order valence-electron chi connectivity index (χ2n) is 4.02. The largest absolute Gasteiger partial charge is 0.370 e. The van der Waals surface area contributed by atoms with Gasteiger partial charge in [0, 0.05) is 5.56 Å². The number of guanidine groups is 1. The van der Waals surface area contributed by atoms with Crippen molar-refractivity contribution >= 4 is 21.9 Å². The van der Waals surface area contributed by atoms with Crippen LogP contribution in [-0.4, -0.2) is 20.3 Å². The molecule has 19 heavy (non-hydrogen) atoms. The van der Waals surface area contributed by atoms with Gasteiger partial charge in [-0.3, -0.25) is 4.79 Å². The predicted octanol–water partition coefficient (Wildman–Crippen LogP) is -0.382. The highest BCUT2D eigenvalue weighted by Gasteiger charge is 2.18. The number of primary sulfonamides is 1. The minimum atomic E-state index is -3.91. The average molecular weight is 284 g/mol. The average Bonchev–Trinajstić information content (AvgIpc) is 2.25. The van der Waals surface area contributed by atoms with Crippen LogP contribution in [0.1, 0.15) is 28.4 Å². The van der Waals surface area contributed by atoms with Crippen molar-refractivity contribution in [1.82, 2.24) is 0 Å². The molecule has 0 fully saturated rings. The highest BCUT2D eigenvalue weighted by atomic mass is 32.2. The Bertz CT molecular complexity index is 646. The smallest absolute Gasteiger partial charge is 0.280 e. The fourth-order valence-electron chi connectivity index (χ4n) is 1.70. The Kier molecular flexibility index (Phi) is 4.28. The number of hydrogen-bond donors (Lipinski definition) is 3. The van der Waals surface area contributed by atoms with Crippen molar-refractivity contribution in [3.05, 3.63) is 28.8 Å². The summed E-state index contributed by atoms with van der Waals surface area (Å²) in [5.41, 5.74) is 11.5. The molecule has 0 aromatic heterocycles. The fourth-order valence-corrected chi connectivity index (χ4v) is 2.55. The summed E-state index contributed by atoms with van der Waals surface area (Å²) in [5, 5.41) is 5.13. The molecule has 0 unspecified atom stereocenters. The van der Waals surface area contributed by atoms with Crippen LogP contribution < -0.4 is 16.6 Å². The van der Waals surface area contributed by atoms with Crippen LogP contribution in [0.3, 0.4) is 0 Å². The molecular weight excluding hydrogens is 268 g/mol. The van der Waals surface area contributed by atoms with Gasteiger partial charge in [-0.25, -0.2) is 13.6 Å². The van der Waals surface area contributed by atoms with Crippen LogP contribution in [0, 0.1) is 6.92 Å². The number of benzene rings is 1. The number of carbonyl (C=O) groups is 1. The number of aliphatic imine (C=N–C) groups is 1. The monoisotopic (exact) mass is 284 g/mol. The molecule has 0 bridgehead atoms. The molecule has 6 N–H and O–H groups in total. The van der Waals surface area contributed by atoms with E-state index in [1.807, 2.05) is 0 Å². The number of carbonyl (C=O) groups excluding carboxylic acids is 1. The van der Waals surface area contributed by atoms with Gasteiger partial charge in [0.1, 0.15) is 0 Å². The number of aryl methyl sites for hydroxylation is 2. The van der Waals surface area contributed by atoms with Crippen molar-refractivity contribution in [2.45, 2.75) is 25.2 Å². The highest BCUT2D eigenvalue weighted by Crippen LogP contribution is 2.21. The summed E-state index contributed by atoms with van der Waals surface area (Å²) in [6.07, 6.45) is 0.476. The molecule has 8 heteroatoms. The van der Waals surface area contributed by atoms with Crippen molar-refractivity contribution in [1.29, 1.82) is 0 Å². The normalized spacial score (nSPS) is 11.1. The topological polar surface area (TPSA) is 142 Å². The molecule has 0 atom stereocenters. The van der Waals surface area contributed by atoms with Gasteiger partial charge in [0.2, 0.25) is 10.0 Å². The second kappa shape index (κ2) is 5.37. The zero-order chi connectivity index (χ0) is 14.8. The number of hydrogen-bond acceptors (Lipinski definition) is 3. The summed E-state index contributed by atoms with van der Waals surface area (Å²) in [4.78, 5) is 15.1. The maximum Gasteiger partial charge on any atom is 0.280 e. The summed E-state index contributed by atoms with van der Waals surface area (Å²) < 4.78 is 23.0. The van der Waals surface area contributed by atoms with Gasteiger partial charge in [-0.1, -0.05) is 13.0 Å². The molecule has 104 valence electrons. The van der Waals surface area contributed by atoms with E-state index in [1.54, 1.807) is 19.9 Å². The van der Waals surface area contributed by atoms with Crippen LogP contribution >= 0.6 is 0 Å². The molecule has 0 saturated heterocycles. The molecule has 0 saturated carbocycles. The molecule has 0 aliphatic rings. The molecule has 0 aliphatic carbocycles. The first-order valence-corrected chi connectivity index (χ1v) is 7.01. The van der Waals surface area contributed by atoms with Gasteiger partial charge < -0.3 is 11.5 Å². The lowest BCUT2D eigenvalue weighted by molar-refractivity contribution is 0.100. The van der Waals surface area contributed by atoms with E-state index in [9.17, 15) is 13.2 Å². The van der Waals surface area contributed by atoms with E-state index in [0.29, 0.717) is 17.5 Å². The highest BCUT2D eigenvalue weighted by molar-refractivity contribution is 7.89. The van der Waals surface area contributed by atoms with E-state index in [4.69, 9.17) is 16.6 Å². The molecule has 1 aromatic carbocycles. The zero-order valence-electron chi connectivity index (χ0n) is 10.7. The minimum Gasteiger partial charge on any atom is -0.370 e. The Morgan fingerprint density at radius 3 is 2.32 bits per heavy atom. The summed E-state index contributed by atoms with van der Waals surface area (Å²) in [6.45, 7) is 3.46. The number of nitrogens with two attached hydrogens (primary N) is 3. The van der Waals surface area contributed by atoms with Crippen molar-refractivity contribution in [2.75, 3.05) is 0 Å². The Morgan fingerprint density at radius 2 is 1.89 bits per heavy atom. The molecule has 1 aromatic rings. The van der Waals surface area contributed by atoms with E-state index >= 15 is 0 Å². The molecule has 7 nitrogen and oxygen atoms in total. The third kappa shape index (κ3) is 3.52. The molecule has 1 amide bonds. The van der Waals surface area contributed by atoms with Crippen LogP contribution in [0.5, 0.6) is 0 Å². The first-order chi connectivity index (χ1) is 8.66. The van der Waals surface area contributed by atoms with Crippen LogP contribution in [0.25, 0.3) is 0 Å². The molecule has 0 aliphatic heterocycles. The summed E-state index contributed by atoms with van der Waals surface area (Å²) in [7, 11) is -3.91. The molecule has 0 spiro atoms. The molecular formula is C11H16N4O3S. The van der Waals surface area contributed by atoms with Gasteiger partial charge in [-0.15, -0.1) is 0 Å². The zero-order valence-corrected chi connectivity index (χ0v) is 11.5. The number of amides is 1. The summed E-state index contributed by atoms with van der Waals surface area (Å²) in [6, 6.07) is 2.80.